The van der Waals surface area contributed by atoms with Crippen molar-refractivity contribution in [3.63, 3.8) is 0 Å². The van der Waals surface area contributed by atoms with Crippen LogP contribution in [0.2, 0.25) is 0 Å². The fourth-order valence-electron chi connectivity index (χ4n) is 0.824. The van der Waals surface area contributed by atoms with Crippen molar-refractivity contribution in [3.05, 3.63) is 18.3 Å². The molecule has 4 nitrogen and oxygen atoms in total. The van der Waals surface area contributed by atoms with Crippen molar-refractivity contribution >= 4 is 11.6 Å². The average Bonchev–Trinajstić information content (AvgIpc) is 2.19. The van der Waals surface area contributed by atoms with Crippen LogP contribution in [-0.4, -0.2) is 18.0 Å². The molecule has 0 aliphatic rings. The lowest BCUT2D eigenvalue weighted by molar-refractivity contribution is -0.115. The SMILES string of the molecule is CCC(=O)Nc1ccc(OC)nc1. The molecular weight excluding hydrogens is 168 g/mol. The van der Waals surface area contributed by atoms with E-state index in [1.807, 2.05) is 0 Å². The molecule has 1 aromatic heterocycles. The van der Waals surface area contributed by atoms with Gasteiger partial charge in [0.2, 0.25) is 11.8 Å². The Labute approximate surface area is 76.9 Å². The average molecular weight is 180 g/mol. The summed E-state index contributed by atoms with van der Waals surface area (Å²) in [6.45, 7) is 1.80. The molecule has 1 N–H and O–H groups in total. The molecule has 1 heterocycles. The molecule has 0 saturated heterocycles. The number of nitrogens with one attached hydrogen (secondary N) is 1. The number of carbonyl (C=O) groups is 1. The zero-order chi connectivity index (χ0) is 9.68. The van der Waals surface area contributed by atoms with Crippen LogP contribution in [0.15, 0.2) is 18.3 Å². The van der Waals surface area contributed by atoms with Gasteiger partial charge >= 0.3 is 0 Å². The second-order valence-electron chi connectivity index (χ2n) is 2.49. The summed E-state index contributed by atoms with van der Waals surface area (Å²) >= 11 is 0. The zero-order valence-electron chi connectivity index (χ0n) is 7.70. The van der Waals surface area contributed by atoms with Crippen molar-refractivity contribution in [2.75, 3.05) is 12.4 Å². The third-order valence-corrected chi connectivity index (χ3v) is 1.55. The van der Waals surface area contributed by atoms with E-state index in [0.717, 1.165) is 0 Å². The number of ether oxygens (including phenoxy) is 1. The Bertz CT molecular complexity index is 282. The fourth-order valence-corrected chi connectivity index (χ4v) is 0.824. The highest BCUT2D eigenvalue weighted by Crippen LogP contribution is 2.10. The Morgan fingerprint density at radius 1 is 1.62 bits per heavy atom. The first-order chi connectivity index (χ1) is 6.26. The summed E-state index contributed by atoms with van der Waals surface area (Å²) in [5.74, 6) is 0.515. The van der Waals surface area contributed by atoms with Crippen LogP contribution in [0.25, 0.3) is 0 Å². The predicted molar refractivity (Wildman–Crippen MR) is 49.7 cm³/mol. The van der Waals surface area contributed by atoms with Crippen molar-refractivity contribution in [2.24, 2.45) is 0 Å². The molecule has 0 atom stereocenters. The minimum Gasteiger partial charge on any atom is -0.481 e. The number of rotatable bonds is 3. The monoisotopic (exact) mass is 180 g/mol. The summed E-state index contributed by atoms with van der Waals surface area (Å²) in [6.07, 6.45) is 2.03. The molecule has 4 heteroatoms. The van der Waals surface area contributed by atoms with Crippen LogP contribution >= 0.6 is 0 Å². The van der Waals surface area contributed by atoms with E-state index in [4.69, 9.17) is 4.74 Å². The Hall–Kier alpha value is -1.58. The Balaban J connectivity index is 2.64. The maximum atomic E-state index is 11.0. The minimum absolute atomic E-state index is 0.0213. The number of hydrogen-bond donors (Lipinski definition) is 1. The Kier molecular flexibility index (Phi) is 3.25. The molecule has 13 heavy (non-hydrogen) atoms. The van der Waals surface area contributed by atoms with E-state index in [2.05, 4.69) is 10.3 Å². The van der Waals surface area contributed by atoms with Gasteiger partial charge in [-0.2, -0.15) is 0 Å². The van der Waals surface area contributed by atoms with E-state index >= 15 is 0 Å². The minimum atomic E-state index is -0.0213. The van der Waals surface area contributed by atoms with Crippen molar-refractivity contribution in [1.29, 1.82) is 0 Å². The number of pyridine rings is 1. The quantitative estimate of drug-likeness (QED) is 0.765. The number of carbonyl (C=O) groups excluding carboxylic acids is 1. The fraction of sp³-hybridized carbons (Fsp3) is 0.333. The molecule has 0 aliphatic heterocycles. The summed E-state index contributed by atoms with van der Waals surface area (Å²) in [6, 6.07) is 3.45. The van der Waals surface area contributed by atoms with Gasteiger partial charge in [0.25, 0.3) is 0 Å². The van der Waals surface area contributed by atoms with Gasteiger partial charge in [0.15, 0.2) is 0 Å². The first kappa shape index (κ1) is 9.51. The van der Waals surface area contributed by atoms with E-state index < -0.39 is 0 Å². The van der Waals surface area contributed by atoms with Gasteiger partial charge in [0.05, 0.1) is 19.0 Å². The van der Waals surface area contributed by atoms with E-state index in [1.165, 1.54) is 0 Å². The first-order valence-electron chi connectivity index (χ1n) is 4.06. The third-order valence-electron chi connectivity index (χ3n) is 1.55. The van der Waals surface area contributed by atoms with E-state index in [1.54, 1.807) is 32.4 Å². The van der Waals surface area contributed by atoms with Crippen molar-refractivity contribution < 1.29 is 9.53 Å². The molecule has 0 spiro atoms. The zero-order valence-corrected chi connectivity index (χ0v) is 7.70. The number of nitrogens with zero attached hydrogens (tertiary/aromatic N) is 1. The molecule has 1 amide bonds. The smallest absolute Gasteiger partial charge is 0.224 e. The normalized spacial score (nSPS) is 9.38. The molecule has 0 aliphatic carbocycles. The van der Waals surface area contributed by atoms with Gasteiger partial charge in [-0.25, -0.2) is 4.98 Å². The molecular formula is C9H12N2O2. The van der Waals surface area contributed by atoms with Gasteiger partial charge in [0, 0.05) is 12.5 Å². The second kappa shape index (κ2) is 4.45. The van der Waals surface area contributed by atoms with Crippen molar-refractivity contribution in [3.8, 4) is 5.88 Å². The van der Waals surface area contributed by atoms with E-state index in [9.17, 15) is 4.79 Å². The molecule has 0 radical (unpaired) electrons. The first-order valence-corrected chi connectivity index (χ1v) is 4.06. The van der Waals surface area contributed by atoms with Gasteiger partial charge < -0.3 is 10.1 Å². The molecule has 70 valence electrons. The van der Waals surface area contributed by atoms with E-state index in [-0.39, 0.29) is 5.91 Å². The molecule has 0 fully saturated rings. The van der Waals surface area contributed by atoms with Crippen LogP contribution in [-0.2, 0) is 4.79 Å². The number of aromatic nitrogens is 1. The van der Waals surface area contributed by atoms with Gasteiger partial charge in [0.1, 0.15) is 0 Å². The maximum Gasteiger partial charge on any atom is 0.224 e. The summed E-state index contributed by atoms with van der Waals surface area (Å²) < 4.78 is 4.88. The standard InChI is InChI=1S/C9H12N2O2/c1-3-8(12)11-7-4-5-9(13-2)10-6-7/h4-6H,3H2,1-2H3,(H,11,12). The third kappa shape index (κ3) is 2.74. The number of amides is 1. The van der Waals surface area contributed by atoms with E-state index in [0.29, 0.717) is 18.0 Å². The van der Waals surface area contributed by atoms with Crippen LogP contribution in [0.3, 0.4) is 0 Å². The largest absolute Gasteiger partial charge is 0.481 e. The number of hydrogen-bond acceptors (Lipinski definition) is 3. The molecule has 1 rings (SSSR count). The summed E-state index contributed by atoms with van der Waals surface area (Å²) in [7, 11) is 1.55. The molecule has 0 unspecified atom stereocenters. The van der Waals surface area contributed by atoms with Crippen molar-refractivity contribution in [2.45, 2.75) is 13.3 Å². The van der Waals surface area contributed by atoms with Crippen LogP contribution in [0.5, 0.6) is 5.88 Å². The lowest BCUT2D eigenvalue weighted by Crippen LogP contribution is -2.09. The Morgan fingerprint density at radius 3 is 2.85 bits per heavy atom. The summed E-state index contributed by atoms with van der Waals surface area (Å²) in [5.41, 5.74) is 0.688. The lowest BCUT2D eigenvalue weighted by atomic mass is 10.4. The van der Waals surface area contributed by atoms with Gasteiger partial charge in [-0.15, -0.1) is 0 Å². The van der Waals surface area contributed by atoms with Crippen molar-refractivity contribution in [1.82, 2.24) is 4.98 Å². The number of methoxy groups -OCH3 is 1. The lowest BCUT2D eigenvalue weighted by Gasteiger charge is -2.03. The molecule has 0 aromatic carbocycles. The Morgan fingerprint density at radius 2 is 2.38 bits per heavy atom. The highest BCUT2D eigenvalue weighted by molar-refractivity contribution is 5.90. The van der Waals surface area contributed by atoms with Gasteiger partial charge in [-0.05, 0) is 6.07 Å². The van der Waals surface area contributed by atoms with Gasteiger partial charge in [-0.1, -0.05) is 6.92 Å². The highest BCUT2D eigenvalue weighted by atomic mass is 16.5. The predicted octanol–water partition coefficient (Wildman–Crippen LogP) is 1.44. The second-order valence-corrected chi connectivity index (χ2v) is 2.49. The molecule has 0 saturated carbocycles. The van der Waals surface area contributed by atoms with Crippen LogP contribution < -0.4 is 10.1 Å². The van der Waals surface area contributed by atoms with Crippen LogP contribution in [0.4, 0.5) is 5.69 Å². The summed E-state index contributed by atoms with van der Waals surface area (Å²) in [5, 5.41) is 2.69. The van der Waals surface area contributed by atoms with Crippen LogP contribution in [0.1, 0.15) is 13.3 Å². The van der Waals surface area contributed by atoms with Gasteiger partial charge in [-0.3, -0.25) is 4.79 Å². The van der Waals surface area contributed by atoms with Crippen LogP contribution in [0, 0.1) is 0 Å². The maximum absolute atomic E-state index is 11.0. The number of anilines is 1. The highest BCUT2D eigenvalue weighted by Gasteiger charge is 1.98. The topological polar surface area (TPSA) is 51.2 Å². The molecule has 1 aromatic rings. The molecule has 0 bridgehead atoms. The summed E-state index contributed by atoms with van der Waals surface area (Å²) in [4.78, 5) is 14.9.